The number of non-ortho nitro benzene ring substituents is 1. The van der Waals surface area contributed by atoms with Crippen LogP contribution in [0.1, 0.15) is 58.1 Å². The van der Waals surface area contributed by atoms with Gasteiger partial charge in [-0.25, -0.2) is 9.78 Å². The minimum absolute atomic E-state index is 0. The fourth-order valence-corrected chi connectivity index (χ4v) is 6.34. The molecule has 2 aliphatic rings. The van der Waals surface area contributed by atoms with E-state index in [0.717, 1.165) is 36.9 Å². The summed E-state index contributed by atoms with van der Waals surface area (Å²) in [7, 11) is 0. The second-order valence-electron chi connectivity index (χ2n) is 11.4. The van der Waals surface area contributed by atoms with Crippen LogP contribution in [0.15, 0.2) is 91.3 Å². The van der Waals surface area contributed by atoms with Crippen molar-refractivity contribution < 1.29 is 19.2 Å². The number of benzene rings is 3. The molecule has 1 N–H and O–H groups in total. The first-order valence-electron chi connectivity index (χ1n) is 15.1. The van der Waals surface area contributed by atoms with Crippen molar-refractivity contribution in [2.45, 2.75) is 50.3 Å². The van der Waals surface area contributed by atoms with Crippen LogP contribution in [0.3, 0.4) is 0 Å². The molecule has 2 heterocycles. The molecule has 6 rings (SSSR count). The van der Waals surface area contributed by atoms with Crippen LogP contribution in [-0.4, -0.2) is 63.0 Å². The number of halogens is 1. The fourth-order valence-electron chi connectivity index (χ4n) is 6.34. The number of ether oxygens (including phenoxy) is 1. The van der Waals surface area contributed by atoms with Crippen molar-refractivity contribution in [3.05, 3.63) is 118 Å². The first-order valence-corrected chi connectivity index (χ1v) is 15.1. The number of nitrogens with one attached hydrogen (secondary N) is 1. The molecule has 4 aromatic rings. The molecule has 2 fully saturated rings. The Balaban J connectivity index is 0.00000400. The monoisotopic (exact) mass is 629 g/mol. The number of carbonyl (C=O) groups is 2. The lowest BCUT2D eigenvalue weighted by Crippen LogP contribution is -2.54. The van der Waals surface area contributed by atoms with Gasteiger partial charge in [0.05, 0.1) is 28.5 Å². The van der Waals surface area contributed by atoms with Crippen LogP contribution in [0.2, 0.25) is 0 Å². The number of piperazine rings is 1. The zero-order chi connectivity index (χ0) is 30.5. The molecule has 0 bridgehead atoms. The van der Waals surface area contributed by atoms with Crippen molar-refractivity contribution in [1.29, 1.82) is 0 Å². The third kappa shape index (κ3) is 7.08. The van der Waals surface area contributed by atoms with Gasteiger partial charge in [-0.15, -0.1) is 12.4 Å². The molecular formula is C34H36ClN5O5. The molecule has 1 aliphatic heterocycles. The highest BCUT2D eigenvalue weighted by Crippen LogP contribution is 2.37. The summed E-state index contributed by atoms with van der Waals surface area (Å²) >= 11 is 0. The van der Waals surface area contributed by atoms with Gasteiger partial charge in [0.15, 0.2) is 5.69 Å². The van der Waals surface area contributed by atoms with Crippen LogP contribution in [-0.2, 0) is 11.2 Å². The number of hydrogen-bond acceptors (Lipinski definition) is 7. The summed E-state index contributed by atoms with van der Waals surface area (Å²) in [6, 6.07) is 25.2. The normalized spacial score (nSPS) is 19.7. The van der Waals surface area contributed by atoms with Crippen molar-refractivity contribution in [3.63, 3.8) is 0 Å². The van der Waals surface area contributed by atoms with E-state index in [1.54, 1.807) is 6.33 Å². The summed E-state index contributed by atoms with van der Waals surface area (Å²) in [6.45, 7) is 1.99. The zero-order valence-corrected chi connectivity index (χ0v) is 25.6. The molecule has 1 amide bonds. The third-order valence-corrected chi connectivity index (χ3v) is 8.57. The maximum atomic E-state index is 14.3. The molecule has 45 heavy (non-hydrogen) atoms. The molecule has 3 aromatic carbocycles. The topological polar surface area (TPSA) is 120 Å². The Labute approximate surface area is 268 Å². The summed E-state index contributed by atoms with van der Waals surface area (Å²) in [5.74, 6) is -0.640. The molecule has 3 atom stereocenters. The molecule has 1 saturated carbocycles. The van der Waals surface area contributed by atoms with E-state index in [9.17, 15) is 19.7 Å². The zero-order valence-electron chi connectivity index (χ0n) is 24.8. The van der Waals surface area contributed by atoms with Crippen LogP contribution in [0.25, 0.3) is 11.3 Å². The van der Waals surface area contributed by atoms with Gasteiger partial charge in [-0.3, -0.25) is 14.9 Å². The summed E-state index contributed by atoms with van der Waals surface area (Å²) < 4.78 is 8.06. The van der Waals surface area contributed by atoms with Crippen LogP contribution in [0.4, 0.5) is 5.69 Å². The standard InChI is InChI=1S/C34H35N5O5.ClH/c40-33(37-20-19-35-22-28(37)21-24-9-3-1-4-10-24)31-32(25-11-5-2-6-12-25)38(23-36-31)29-13-7-8-14-30(29)44-34(41)26-15-17-27(18-16-26)39(42)43;/h1-6,9-12,15-18,23,28-30,35H,7-8,13-14,19-22H2;1H/t28-,29?,30?;/m1./s1. The third-order valence-electron chi connectivity index (χ3n) is 8.57. The van der Waals surface area contributed by atoms with E-state index < -0.39 is 17.0 Å². The summed E-state index contributed by atoms with van der Waals surface area (Å²) in [4.78, 5) is 44.7. The number of aromatic nitrogens is 2. The minimum atomic E-state index is -0.529. The van der Waals surface area contributed by atoms with Crippen molar-refractivity contribution in [2.75, 3.05) is 19.6 Å². The van der Waals surface area contributed by atoms with E-state index in [4.69, 9.17) is 9.72 Å². The van der Waals surface area contributed by atoms with Gasteiger partial charge in [0, 0.05) is 43.4 Å². The Morgan fingerprint density at radius 3 is 2.36 bits per heavy atom. The predicted octanol–water partition coefficient (Wildman–Crippen LogP) is 5.88. The fraction of sp³-hybridized carbons (Fsp3) is 0.324. The lowest BCUT2D eigenvalue weighted by Gasteiger charge is -2.36. The molecular weight excluding hydrogens is 594 g/mol. The number of esters is 1. The number of rotatable bonds is 8. The molecule has 2 unspecified atom stereocenters. The van der Waals surface area contributed by atoms with Crippen LogP contribution in [0.5, 0.6) is 0 Å². The number of amides is 1. The van der Waals surface area contributed by atoms with Gasteiger partial charge in [-0.1, -0.05) is 67.1 Å². The number of nitro groups is 1. The largest absolute Gasteiger partial charge is 0.457 e. The number of imidazole rings is 1. The van der Waals surface area contributed by atoms with Gasteiger partial charge in [0.2, 0.25) is 0 Å². The van der Waals surface area contributed by atoms with Gasteiger partial charge in [-0.05, 0) is 43.4 Å². The first-order chi connectivity index (χ1) is 21.5. The summed E-state index contributed by atoms with van der Waals surface area (Å²) in [5, 5.41) is 14.5. The number of nitrogens with zero attached hydrogens (tertiary/aromatic N) is 4. The van der Waals surface area contributed by atoms with Crippen molar-refractivity contribution in [3.8, 4) is 11.3 Å². The summed E-state index contributed by atoms with van der Waals surface area (Å²) in [6.07, 6.45) is 5.27. The molecule has 234 valence electrons. The Kier molecular flexibility index (Phi) is 10.3. The lowest BCUT2D eigenvalue weighted by atomic mass is 9.91. The van der Waals surface area contributed by atoms with Gasteiger partial charge in [0.25, 0.3) is 11.6 Å². The maximum Gasteiger partial charge on any atom is 0.338 e. The quantitative estimate of drug-likeness (QED) is 0.147. The van der Waals surface area contributed by atoms with E-state index in [0.29, 0.717) is 31.7 Å². The average Bonchev–Trinajstić information content (AvgIpc) is 3.51. The predicted molar refractivity (Wildman–Crippen MR) is 173 cm³/mol. The Morgan fingerprint density at radius 1 is 0.956 bits per heavy atom. The highest BCUT2D eigenvalue weighted by molar-refractivity contribution is 5.98. The van der Waals surface area contributed by atoms with Crippen LogP contribution >= 0.6 is 12.4 Å². The summed E-state index contributed by atoms with van der Waals surface area (Å²) in [5.41, 5.74) is 3.32. The first kappa shape index (κ1) is 31.9. The molecule has 0 radical (unpaired) electrons. The van der Waals surface area contributed by atoms with Crippen molar-refractivity contribution >= 4 is 30.0 Å². The molecule has 10 nitrogen and oxygen atoms in total. The second-order valence-corrected chi connectivity index (χ2v) is 11.4. The SMILES string of the molecule is Cl.O=C(OC1CCCCC1n1cnc(C(=O)N2CCNC[C@H]2Cc2ccccc2)c1-c1ccccc1)c1ccc([N+](=O)[O-])cc1. The van der Waals surface area contributed by atoms with E-state index in [-0.39, 0.29) is 41.6 Å². The lowest BCUT2D eigenvalue weighted by molar-refractivity contribution is -0.384. The molecule has 1 saturated heterocycles. The Bertz CT molecular complexity index is 1610. The van der Waals surface area contributed by atoms with Gasteiger partial charge in [-0.2, -0.15) is 0 Å². The molecule has 1 aromatic heterocycles. The van der Waals surface area contributed by atoms with E-state index >= 15 is 0 Å². The Hall–Kier alpha value is -4.54. The highest BCUT2D eigenvalue weighted by Gasteiger charge is 2.36. The smallest absolute Gasteiger partial charge is 0.338 e. The van der Waals surface area contributed by atoms with Crippen molar-refractivity contribution in [1.82, 2.24) is 19.8 Å². The van der Waals surface area contributed by atoms with Gasteiger partial charge in [0.1, 0.15) is 6.10 Å². The molecule has 0 spiro atoms. The highest BCUT2D eigenvalue weighted by atomic mass is 35.5. The second kappa shape index (κ2) is 14.5. The average molecular weight is 630 g/mol. The Morgan fingerprint density at radius 2 is 1.64 bits per heavy atom. The van der Waals surface area contributed by atoms with Crippen LogP contribution < -0.4 is 5.32 Å². The molecule has 11 heteroatoms. The maximum absolute atomic E-state index is 14.3. The van der Waals surface area contributed by atoms with E-state index in [1.807, 2.05) is 58.0 Å². The number of hydrogen-bond donors (Lipinski definition) is 1. The van der Waals surface area contributed by atoms with Crippen LogP contribution in [0, 0.1) is 10.1 Å². The molecule has 1 aliphatic carbocycles. The van der Waals surface area contributed by atoms with E-state index in [1.165, 1.54) is 29.8 Å². The van der Waals surface area contributed by atoms with Gasteiger partial charge >= 0.3 is 5.97 Å². The number of nitro benzene ring substituents is 1. The van der Waals surface area contributed by atoms with Gasteiger partial charge < -0.3 is 19.5 Å². The van der Waals surface area contributed by atoms with E-state index in [2.05, 4.69) is 17.4 Å². The number of carbonyl (C=O) groups excluding carboxylic acids is 2. The van der Waals surface area contributed by atoms with Crippen molar-refractivity contribution in [2.24, 2.45) is 0 Å². The minimum Gasteiger partial charge on any atom is -0.457 e.